The van der Waals surface area contributed by atoms with Crippen LogP contribution in [-0.2, 0) is 0 Å². The van der Waals surface area contributed by atoms with Crippen LogP contribution in [0.15, 0.2) is 22.7 Å². The zero-order valence-corrected chi connectivity index (χ0v) is 13.2. The van der Waals surface area contributed by atoms with E-state index in [1.165, 1.54) is 12.8 Å². The van der Waals surface area contributed by atoms with E-state index in [1.54, 1.807) is 18.2 Å². The summed E-state index contributed by atoms with van der Waals surface area (Å²) in [6.07, 6.45) is 5.55. The minimum Gasteiger partial charge on any atom is -0.348 e. The maximum Gasteiger partial charge on any atom is 0.251 e. The van der Waals surface area contributed by atoms with Crippen molar-refractivity contribution in [3.8, 4) is 0 Å². The lowest BCUT2D eigenvalue weighted by molar-refractivity contribution is 0.0938. The molecule has 2 rings (SSSR count). The molecule has 1 aliphatic carbocycles. The van der Waals surface area contributed by atoms with E-state index in [0.717, 1.165) is 10.9 Å². The smallest absolute Gasteiger partial charge is 0.251 e. The van der Waals surface area contributed by atoms with Gasteiger partial charge in [0.2, 0.25) is 0 Å². The average molecular weight is 349 g/mol. The fourth-order valence-electron chi connectivity index (χ4n) is 2.26. The molecule has 2 unspecified atom stereocenters. The second-order valence-corrected chi connectivity index (χ2v) is 6.75. The summed E-state index contributed by atoms with van der Waals surface area (Å²) in [5.41, 5.74) is 0.620. The molecule has 0 aliphatic heterocycles. The summed E-state index contributed by atoms with van der Waals surface area (Å²) in [6, 6.07) is 5.57. The third-order valence-electron chi connectivity index (χ3n) is 3.25. The van der Waals surface area contributed by atoms with E-state index in [9.17, 15) is 4.79 Å². The molecule has 0 spiro atoms. The molecule has 1 saturated carbocycles. The van der Waals surface area contributed by atoms with Gasteiger partial charge >= 0.3 is 0 Å². The normalized spacial score (nSPS) is 23.1. The Morgan fingerprint density at radius 3 is 2.94 bits per heavy atom. The molecule has 1 aromatic carbocycles. The number of carbonyl (C=O) groups is 1. The van der Waals surface area contributed by atoms with Crippen LogP contribution in [0.1, 0.15) is 29.6 Å². The number of hydrogen-bond acceptors (Lipinski definition) is 2. The first kappa shape index (κ1) is 14.2. The molecule has 1 aliphatic rings. The SMILES string of the molecule is CSC1CCCC1NC(=O)c1ccc(Br)c(Cl)c1. The number of nitrogens with one attached hydrogen (secondary N) is 1. The Labute approximate surface area is 125 Å². The number of thioether (sulfide) groups is 1. The van der Waals surface area contributed by atoms with Gasteiger partial charge in [-0.3, -0.25) is 4.79 Å². The number of rotatable bonds is 3. The molecule has 0 aromatic heterocycles. The predicted molar refractivity (Wildman–Crippen MR) is 81.6 cm³/mol. The number of benzene rings is 1. The van der Waals surface area contributed by atoms with Crippen molar-refractivity contribution in [2.45, 2.75) is 30.6 Å². The van der Waals surface area contributed by atoms with Gasteiger partial charge < -0.3 is 5.32 Å². The molecule has 5 heteroatoms. The highest BCUT2D eigenvalue weighted by Crippen LogP contribution is 2.29. The molecule has 98 valence electrons. The lowest BCUT2D eigenvalue weighted by Gasteiger charge is -2.19. The molecule has 2 nitrogen and oxygen atoms in total. The predicted octanol–water partition coefficient (Wildman–Crippen LogP) is 4.12. The van der Waals surface area contributed by atoms with E-state index >= 15 is 0 Å². The maximum atomic E-state index is 12.1. The Bertz CT molecular complexity index is 455. The summed E-state index contributed by atoms with van der Waals surface area (Å²) in [7, 11) is 0. The Balaban J connectivity index is 2.05. The first-order valence-corrected chi connectivity index (χ1v) is 8.36. The summed E-state index contributed by atoms with van der Waals surface area (Å²) in [5, 5.41) is 4.22. The highest BCUT2D eigenvalue weighted by Gasteiger charge is 2.28. The molecule has 0 bridgehead atoms. The van der Waals surface area contributed by atoms with Crippen LogP contribution in [0.25, 0.3) is 0 Å². The average Bonchev–Trinajstić information content (AvgIpc) is 2.79. The second kappa shape index (κ2) is 6.31. The van der Waals surface area contributed by atoms with Gasteiger partial charge in [0.15, 0.2) is 0 Å². The zero-order chi connectivity index (χ0) is 13.1. The minimum atomic E-state index is -0.0321. The van der Waals surface area contributed by atoms with E-state index in [0.29, 0.717) is 15.8 Å². The molecule has 1 amide bonds. The highest BCUT2D eigenvalue weighted by molar-refractivity contribution is 9.10. The molecule has 1 fully saturated rings. The molecule has 1 N–H and O–H groups in total. The van der Waals surface area contributed by atoms with Gasteiger partial charge in [0.05, 0.1) is 5.02 Å². The maximum absolute atomic E-state index is 12.1. The first-order chi connectivity index (χ1) is 8.61. The lowest BCUT2D eigenvalue weighted by atomic mass is 10.2. The third kappa shape index (κ3) is 3.22. The quantitative estimate of drug-likeness (QED) is 0.890. The van der Waals surface area contributed by atoms with E-state index in [2.05, 4.69) is 27.5 Å². The Morgan fingerprint density at radius 1 is 1.50 bits per heavy atom. The molecule has 0 heterocycles. The summed E-state index contributed by atoms with van der Waals surface area (Å²) >= 11 is 11.2. The van der Waals surface area contributed by atoms with Gasteiger partial charge in [0, 0.05) is 21.3 Å². The molecule has 18 heavy (non-hydrogen) atoms. The number of amides is 1. The lowest BCUT2D eigenvalue weighted by Crippen LogP contribution is -2.38. The van der Waals surface area contributed by atoms with Crippen LogP contribution in [0.2, 0.25) is 5.02 Å². The topological polar surface area (TPSA) is 29.1 Å². The van der Waals surface area contributed by atoms with Gasteiger partial charge in [-0.25, -0.2) is 0 Å². The summed E-state index contributed by atoms with van der Waals surface area (Å²) in [4.78, 5) is 12.1. The Kier molecular flexibility index (Phi) is 4.98. The fourth-order valence-corrected chi connectivity index (χ4v) is 3.62. The minimum absolute atomic E-state index is 0.0321. The van der Waals surface area contributed by atoms with E-state index in [1.807, 2.05) is 11.8 Å². The van der Waals surface area contributed by atoms with Crippen LogP contribution in [0.3, 0.4) is 0 Å². The second-order valence-electron chi connectivity index (χ2n) is 4.41. The molecule has 0 radical (unpaired) electrons. The molecular formula is C13H15BrClNOS. The van der Waals surface area contributed by atoms with Gasteiger partial charge in [0.25, 0.3) is 5.91 Å². The van der Waals surface area contributed by atoms with Crippen molar-refractivity contribution in [2.75, 3.05) is 6.26 Å². The summed E-state index contributed by atoms with van der Waals surface area (Å²) in [5.74, 6) is -0.0321. The van der Waals surface area contributed by atoms with Crippen molar-refractivity contribution in [1.29, 1.82) is 0 Å². The highest BCUT2D eigenvalue weighted by atomic mass is 79.9. The van der Waals surface area contributed by atoms with E-state index in [4.69, 9.17) is 11.6 Å². The Morgan fingerprint density at radius 2 is 2.28 bits per heavy atom. The monoisotopic (exact) mass is 347 g/mol. The number of halogens is 2. The largest absolute Gasteiger partial charge is 0.348 e. The van der Waals surface area contributed by atoms with Gasteiger partial charge in [0.1, 0.15) is 0 Å². The number of hydrogen-bond donors (Lipinski definition) is 1. The third-order valence-corrected chi connectivity index (χ3v) is 5.66. The Hall–Kier alpha value is -0.190. The van der Waals surface area contributed by atoms with Crippen molar-refractivity contribution in [1.82, 2.24) is 5.32 Å². The van der Waals surface area contributed by atoms with Crippen LogP contribution >= 0.6 is 39.3 Å². The van der Waals surface area contributed by atoms with E-state index < -0.39 is 0 Å². The van der Waals surface area contributed by atoms with E-state index in [-0.39, 0.29) is 11.9 Å². The number of carbonyl (C=O) groups excluding carboxylic acids is 1. The van der Waals surface area contributed by atoms with Gasteiger partial charge in [-0.2, -0.15) is 11.8 Å². The molecular weight excluding hydrogens is 334 g/mol. The zero-order valence-electron chi connectivity index (χ0n) is 10.1. The first-order valence-electron chi connectivity index (χ1n) is 5.90. The van der Waals surface area contributed by atoms with Crippen molar-refractivity contribution >= 4 is 45.2 Å². The van der Waals surface area contributed by atoms with Crippen molar-refractivity contribution in [2.24, 2.45) is 0 Å². The van der Waals surface area contributed by atoms with Gasteiger partial charge in [-0.15, -0.1) is 0 Å². The molecule has 0 saturated heterocycles. The summed E-state index contributed by atoms with van der Waals surface area (Å²) in [6.45, 7) is 0. The van der Waals surface area contributed by atoms with Crippen LogP contribution < -0.4 is 5.32 Å². The summed E-state index contributed by atoms with van der Waals surface area (Å²) < 4.78 is 0.809. The van der Waals surface area contributed by atoms with Crippen LogP contribution in [0.5, 0.6) is 0 Å². The van der Waals surface area contributed by atoms with Crippen LogP contribution in [-0.4, -0.2) is 23.5 Å². The van der Waals surface area contributed by atoms with Crippen molar-refractivity contribution < 1.29 is 4.79 Å². The van der Waals surface area contributed by atoms with Crippen LogP contribution in [0.4, 0.5) is 0 Å². The molecule has 1 aromatic rings. The van der Waals surface area contributed by atoms with Crippen molar-refractivity contribution in [3.63, 3.8) is 0 Å². The standard InChI is InChI=1S/C13H15BrClNOS/c1-18-12-4-2-3-11(12)16-13(17)8-5-6-9(14)10(15)7-8/h5-7,11-12H,2-4H2,1H3,(H,16,17). The van der Waals surface area contributed by atoms with Gasteiger partial charge in [-0.05, 0) is 53.2 Å². The van der Waals surface area contributed by atoms with Crippen LogP contribution in [0, 0.1) is 0 Å². The van der Waals surface area contributed by atoms with Crippen molar-refractivity contribution in [3.05, 3.63) is 33.3 Å². The van der Waals surface area contributed by atoms with Gasteiger partial charge in [-0.1, -0.05) is 18.0 Å². The fraction of sp³-hybridized carbons (Fsp3) is 0.462. The molecule has 2 atom stereocenters.